The standard InChI is InChI=1S/C30H32N6O3/c1-19-9-12-31-30(32-19)33-24-4-2-3-20(15-24)17-35-13-10-21(11-14-35)22-5-6-25-23(16-22)18-36(29(25)39)26-7-8-27(37)34-28(26)38/h2-6,9,12,15-16,21,26H,7-8,10-11,13-14,17-18H2,1H3,(H,31,32,33)(H,34,37,38). The minimum Gasteiger partial charge on any atom is -0.324 e. The zero-order valence-corrected chi connectivity index (χ0v) is 22.0. The Morgan fingerprint density at radius 3 is 2.67 bits per heavy atom. The van der Waals surface area contributed by atoms with Gasteiger partial charge in [-0.15, -0.1) is 0 Å². The first kappa shape index (κ1) is 25.2. The van der Waals surface area contributed by atoms with Crippen molar-refractivity contribution in [2.75, 3.05) is 18.4 Å². The summed E-state index contributed by atoms with van der Waals surface area (Å²) in [4.78, 5) is 49.7. The molecule has 9 nitrogen and oxygen atoms in total. The lowest BCUT2D eigenvalue weighted by molar-refractivity contribution is -0.136. The Morgan fingerprint density at radius 1 is 1.03 bits per heavy atom. The zero-order valence-electron chi connectivity index (χ0n) is 22.0. The molecule has 0 aliphatic carbocycles. The Balaban J connectivity index is 1.06. The number of aryl methyl sites for hydroxylation is 1. The van der Waals surface area contributed by atoms with Gasteiger partial charge < -0.3 is 10.2 Å². The van der Waals surface area contributed by atoms with Crippen LogP contribution in [0.15, 0.2) is 54.7 Å². The third kappa shape index (κ3) is 5.40. The first-order chi connectivity index (χ1) is 18.9. The van der Waals surface area contributed by atoms with Gasteiger partial charge in [0.05, 0.1) is 0 Å². The zero-order chi connectivity index (χ0) is 26.9. The average molecular weight is 525 g/mol. The summed E-state index contributed by atoms with van der Waals surface area (Å²) in [5, 5.41) is 5.67. The summed E-state index contributed by atoms with van der Waals surface area (Å²) in [7, 11) is 0. The number of hydrogen-bond acceptors (Lipinski definition) is 7. The average Bonchev–Trinajstić information content (AvgIpc) is 3.24. The van der Waals surface area contributed by atoms with E-state index in [2.05, 4.69) is 55.8 Å². The van der Waals surface area contributed by atoms with Gasteiger partial charge in [-0.05, 0) is 86.1 Å². The maximum absolute atomic E-state index is 13.0. The van der Waals surface area contributed by atoms with Gasteiger partial charge in [-0.2, -0.15) is 0 Å². The highest BCUT2D eigenvalue weighted by molar-refractivity contribution is 6.05. The molecular weight excluding hydrogens is 492 g/mol. The third-order valence-corrected chi connectivity index (χ3v) is 7.99. The van der Waals surface area contributed by atoms with Gasteiger partial charge in [0.25, 0.3) is 5.91 Å². The van der Waals surface area contributed by atoms with Crippen LogP contribution in [0.4, 0.5) is 11.6 Å². The Morgan fingerprint density at radius 2 is 1.87 bits per heavy atom. The molecule has 6 rings (SSSR count). The second-order valence-corrected chi connectivity index (χ2v) is 10.7. The van der Waals surface area contributed by atoms with Gasteiger partial charge in [-0.3, -0.25) is 24.6 Å². The summed E-state index contributed by atoms with van der Waals surface area (Å²) in [6, 6.07) is 15.9. The number of rotatable bonds is 6. The number of amides is 3. The van der Waals surface area contributed by atoms with Crippen LogP contribution in [0.2, 0.25) is 0 Å². The molecule has 2 saturated heterocycles. The predicted molar refractivity (Wildman–Crippen MR) is 146 cm³/mol. The first-order valence-corrected chi connectivity index (χ1v) is 13.6. The molecular formula is C30H32N6O3. The molecule has 200 valence electrons. The second-order valence-electron chi connectivity index (χ2n) is 10.7. The molecule has 3 aromatic rings. The van der Waals surface area contributed by atoms with E-state index in [0.29, 0.717) is 30.4 Å². The topological polar surface area (TPSA) is 108 Å². The third-order valence-electron chi connectivity index (χ3n) is 7.99. The van der Waals surface area contributed by atoms with E-state index >= 15 is 0 Å². The van der Waals surface area contributed by atoms with E-state index in [9.17, 15) is 14.4 Å². The van der Waals surface area contributed by atoms with Crippen molar-refractivity contribution in [3.63, 3.8) is 0 Å². The fourth-order valence-corrected chi connectivity index (χ4v) is 5.92. The highest BCUT2D eigenvalue weighted by atomic mass is 16.2. The number of benzene rings is 2. The van der Waals surface area contributed by atoms with Crippen LogP contribution in [0.25, 0.3) is 0 Å². The summed E-state index contributed by atoms with van der Waals surface area (Å²) in [6.07, 6.45) is 4.51. The monoisotopic (exact) mass is 524 g/mol. The van der Waals surface area contributed by atoms with Gasteiger partial charge in [0.15, 0.2) is 0 Å². The predicted octanol–water partition coefficient (Wildman–Crippen LogP) is 3.67. The van der Waals surface area contributed by atoms with Crippen LogP contribution in [0.3, 0.4) is 0 Å². The molecule has 0 saturated carbocycles. The molecule has 1 unspecified atom stereocenters. The second kappa shape index (κ2) is 10.6. The number of aromatic nitrogens is 2. The highest BCUT2D eigenvalue weighted by Crippen LogP contribution is 2.34. The van der Waals surface area contributed by atoms with Crippen LogP contribution in [0.1, 0.15) is 64.3 Å². The highest BCUT2D eigenvalue weighted by Gasteiger charge is 2.39. The number of anilines is 2. The number of carbonyl (C=O) groups excluding carboxylic acids is 3. The van der Waals surface area contributed by atoms with Crippen molar-refractivity contribution < 1.29 is 14.4 Å². The van der Waals surface area contributed by atoms with Crippen LogP contribution in [0, 0.1) is 6.92 Å². The molecule has 2 N–H and O–H groups in total. The number of hydrogen-bond donors (Lipinski definition) is 2. The van der Waals surface area contributed by atoms with E-state index in [-0.39, 0.29) is 24.1 Å². The van der Waals surface area contributed by atoms with E-state index in [1.807, 2.05) is 25.1 Å². The molecule has 2 aromatic carbocycles. The molecule has 1 aromatic heterocycles. The summed E-state index contributed by atoms with van der Waals surface area (Å²) in [5.41, 5.74) is 6.06. The molecule has 0 radical (unpaired) electrons. The fourth-order valence-electron chi connectivity index (χ4n) is 5.92. The lowest BCUT2D eigenvalue weighted by Gasteiger charge is -2.32. The summed E-state index contributed by atoms with van der Waals surface area (Å²) in [5.74, 6) is 0.286. The Labute approximate surface area is 227 Å². The number of imide groups is 1. The van der Waals surface area contributed by atoms with Crippen LogP contribution in [0.5, 0.6) is 0 Å². The number of piperidine rings is 2. The van der Waals surface area contributed by atoms with E-state index < -0.39 is 6.04 Å². The molecule has 2 fully saturated rings. The molecule has 3 aliphatic heterocycles. The van der Waals surface area contributed by atoms with Crippen molar-refractivity contribution in [3.05, 3.63) is 82.7 Å². The smallest absolute Gasteiger partial charge is 0.255 e. The summed E-state index contributed by atoms with van der Waals surface area (Å²) in [6.45, 7) is 5.26. The molecule has 3 aliphatic rings. The Hall–Kier alpha value is -4.11. The normalized spacial score (nSPS) is 20.2. The maximum atomic E-state index is 13.0. The minimum atomic E-state index is -0.577. The molecule has 4 heterocycles. The van der Waals surface area contributed by atoms with Gasteiger partial charge in [0.2, 0.25) is 17.8 Å². The maximum Gasteiger partial charge on any atom is 0.255 e. The Bertz CT molecular complexity index is 1430. The van der Waals surface area contributed by atoms with Gasteiger partial charge in [0.1, 0.15) is 6.04 Å². The lowest BCUT2D eigenvalue weighted by atomic mass is 9.87. The fraction of sp³-hybridized carbons (Fsp3) is 0.367. The lowest BCUT2D eigenvalue weighted by Crippen LogP contribution is -2.52. The number of nitrogens with one attached hydrogen (secondary N) is 2. The van der Waals surface area contributed by atoms with Gasteiger partial charge in [0, 0.05) is 42.7 Å². The SMILES string of the molecule is Cc1ccnc(Nc2cccc(CN3CCC(c4ccc5c(c4)CN(C4CCC(=O)NC4=O)C5=O)CC3)c2)n1. The summed E-state index contributed by atoms with van der Waals surface area (Å²) < 4.78 is 0. The molecule has 1 atom stereocenters. The van der Waals surface area contributed by atoms with E-state index in [1.165, 1.54) is 11.1 Å². The van der Waals surface area contributed by atoms with Crippen LogP contribution in [-0.4, -0.2) is 56.6 Å². The van der Waals surface area contributed by atoms with Gasteiger partial charge >= 0.3 is 0 Å². The van der Waals surface area contributed by atoms with E-state index in [0.717, 1.165) is 49.4 Å². The van der Waals surface area contributed by atoms with Crippen LogP contribution in [-0.2, 0) is 22.7 Å². The van der Waals surface area contributed by atoms with Crippen molar-refractivity contribution in [3.8, 4) is 0 Å². The quantitative estimate of drug-likeness (QED) is 0.474. The minimum absolute atomic E-state index is 0.119. The molecule has 9 heteroatoms. The van der Waals surface area contributed by atoms with Crippen molar-refractivity contribution in [1.29, 1.82) is 0 Å². The van der Waals surface area contributed by atoms with Gasteiger partial charge in [-0.25, -0.2) is 9.97 Å². The first-order valence-electron chi connectivity index (χ1n) is 13.6. The summed E-state index contributed by atoms with van der Waals surface area (Å²) >= 11 is 0. The molecule has 0 spiro atoms. The van der Waals surface area contributed by atoms with E-state index in [1.54, 1.807) is 11.1 Å². The molecule has 39 heavy (non-hydrogen) atoms. The van der Waals surface area contributed by atoms with Crippen molar-refractivity contribution in [1.82, 2.24) is 25.1 Å². The van der Waals surface area contributed by atoms with Crippen LogP contribution < -0.4 is 10.6 Å². The van der Waals surface area contributed by atoms with Crippen molar-refractivity contribution in [2.45, 2.75) is 57.7 Å². The largest absolute Gasteiger partial charge is 0.324 e. The van der Waals surface area contributed by atoms with Crippen LogP contribution >= 0.6 is 0 Å². The van der Waals surface area contributed by atoms with Gasteiger partial charge in [-0.1, -0.05) is 24.3 Å². The Kier molecular flexibility index (Phi) is 6.83. The molecule has 0 bridgehead atoms. The number of likely N-dealkylation sites (tertiary alicyclic amines) is 1. The molecule has 3 amide bonds. The number of fused-ring (bicyclic) bond motifs is 1. The number of carbonyl (C=O) groups is 3. The van der Waals surface area contributed by atoms with Crippen molar-refractivity contribution in [2.24, 2.45) is 0 Å². The number of nitrogens with zero attached hydrogens (tertiary/aromatic N) is 4. The van der Waals surface area contributed by atoms with Crippen molar-refractivity contribution >= 4 is 29.4 Å². The van der Waals surface area contributed by atoms with E-state index in [4.69, 9.17) is 0 Å².